The van der Waals surface area contributed by atoms with Crippen molar-refractivity contribution in [3.8, 4) is 0 Å². The average molecular weight is 190 g/mol. The van der Waals surface area contributed by atoms with Crippen LogP contribution in [0.2, 0.25) is 0 Å². The van der Waals surface area contributed by atoms with E-state index < -0.39 is 11.2 Å². The van der Waals surface area contributed by atoms with Crippen molar-refractivity contribution >= 4 is 29.1 Å². The fourth-order valence-corrected chi connectivity index (χ4v) is 1.98. The van der Waals surface area contributed by atoms with Crippen LogP contribution in [0.1, 0.15) is 6.92 Å². The van der Waals surface area contributed by atoms with Gasteiger partial charge in [0.25, 0.3) is 0 Å². The van der Waals surface area contributed by atoms with Crippen LogP contribution in [0.15, 0.2) is 9.85 Å². The Bertz CT molecular complexity index is 237. The Kier molecular flexibility index (Phi) is 2.84. The first kappa shape index (κ1) is 8.48. The van der Waals surface area contributed by atoms with Crippen LogP contribution in [-0.2, 0) is 4.79 Å². The molecule has 0 aromatic carbocycles. The third kappa shape index (κ3) is 2.47. The van der Waals surface area contributed by atoms with Crippen LogP contribution in [0.3, 0.4) is 0 Å². The van der Waals surface area contributed by atoms with E-state index in [2.05, 4.69) is 10.2 Å². The van der Waals surface area contributed by atoms with Crippen molar-refractivity contribution in [1.82, 2.24) is 10.2 Å². The molecular formula is C5H6N2O2S2. The summed E-state index contributed by atoms with van der Waals surface area (Å²) in [6, 6.07) is 0. The second-order valence-electron chi connectivity index (χ2n) is 1.80. The molecule has 1 rings (SSSR count). The van der Waals surface area contributed by atoms with E-state index in [9.17, 15) is 4.79 Å². The smallest absolute Gasteiger partial charge is 0.316 e. The van der Waals surface area contributed by atoms with Crippen LogP contribution in [0.4, 0.5) is 0 Å². The van der Waals surface area contributed by atoms with Gasteiger partial charge < -0.3 is 5.11 Å². The van der Waals surface area contributed by atoms with Gasteiger partial charge in [-0.25, -0.2) is 0 Å². The van der Waals surface area contributed by atoms with Crippen LogP contribution in [0, 0.1) is 0 Å². The largest absolute Gasteiger partial charge is 0.480 e. The van der Waals surface area contributed by atoms with Gasteiger partial charge in [0.1, 0.15) is 10.8 Å². The molecule has 0 amide bonds. The molecule has 1 atom stereocenters. The first-order chi connectivity index (χ1) is 5.20. The van der Waals surface area contributed by atoms with E-state index in [-0.39, 0.29) is 0 Å². The first-order valence-electron chi connectivity index (χ1n) is 2.86. The standard InChI is InChI=1S/C5H6N2O2S2/c1-3(4(8)9)11-5-7-6-2-10-5/h2-3H,1H3,(H,8,9). The Labute approximate surface area is 71.7 Å². The average Bonchev–Trinajstić information content (AvgIpc) is 2.39. The molecule has 4 nitrogen and oxygen atoms in total. The van der Waals surface area contributed by atoms with E-state index in [0.717, 1.165) is 0 Å². The number of hydrogen-bond donors (Lipinski definition) is 1. The lowest BCUT2D eigenvalue weighted by atomic mass is 10.5. The van der Waals surface area contributed by atoms with Gasteiger partial charge in [-0.05, 0) is 6.92 Å². The molecule has 1 aromatic rings. The van der Waals surface area contributed by atoms with Crippen molar-refractivity contribution in [2.45, 2.75) is 16.5 Å². The minimum Gasteiger partial charge on any atom is -0.480 e. The highest BCUT2D eigenvalue weighted by molar-refractivity contribution is 8.02. The van der Waals surface area contributed by atoms with Crippen molar-refractivity contribution < 1.29 is 9.90 Å². The maximum atomic E-state index is 10.4. The molecule has 0 spiro atoms. The van der Waals surface area contributed by atoms with Crippen LogP contribution in [0.5, 0.6) is 0 Å². The van der Waals surface area contributed by atoms with E-state index >= 15 is 0 Å². The normalized spacial score (nSPS) is 12.8. The molecule has 0 fully saturated rings. The molecule has 11 heavy (non-hydrogen) atoms. The lowest BCUT2D eigenvalue weighted by molar-refractivity contribution is -0.136. The summed E-state index contributed by atoms with van der Waals surface area (Å²) in [6.45, 7) is 1.62. The van der Waals surface area contributed by atoms with Gasteiger partial charge in [-0.15, -0.1) is 10.2 Å². The fourth-order valence-electron chi connectivity index (χ4n) is 0.416. The molecule has 0 radical (unpaired) electrons. The molecule has 0 aliphatic carbocycles. The molecule has 0 aliphatic rings. The second-order valence-corrected chi connectivity index (χ2v) is 4.22. The number of nitrogens with zero attached hydrogens (tertiary/aromatic N) is 2. The molecular weight excluding hydrogens is 184 g/mol. The molecule has 6 heteroatoms. The molecule has 1 unspecified atom stereocenters. The summed E-state index contributed by atoms with van der Waals surface area (Å²) in [4.78, 5) is 10.4. The molecule has 0 aliphatic heterocycles. The Morgan fingerprint density at radius 3 is 3.09 bits per heavy atom. The van der Waals surface area contributed by atoms with Gasteiger partial charge in [-0.3, -0.25) is 4.79 Å². The summed E-state index contributed by atoms with van der Waals surface area (Å²) >= 11 is 2.55. The lowest BCUT2D eigenvalue weighted by Gasteiger charge is -1.99. The van der Waals surface area contributed by atoms with Crippen molar-refractivity contribution in [3.63, 3.8) is 0 Å². The van der Waals surface area contributed by atoms with Crippen LogP contribution >= 0.6 is 23.1 Å². The zero-order valence-corrected chi connectivity index (χ0v) is 7.35. The zero-order chi connectivity index (χ0) is 8.27. The number of aromatic nitrogens is 2. The van der Waals surface area contributed by atoms with Crippen molar-refractivity contribution in [2.75, 3.05) is 0 Å². The van der Waals surface area contributed by atoms with E-state index in [1.54, 1.807) is 12.4 Å². The molecule has 0 saturated carbocycles. The quantitative estimate of drug-likeness (QED) is 0.723. The van der Waals surface area contributed by atoms with Gasteiger partial charge in [0, 0.05) is 0 Å². The summed E-state index contributed by atoms with van der Waals surface area (Å²) in [5, 5.41) is 15.4. The maximum absolute atomic E-state index is 10.4. The van der Waals surface area contributed by atoms with Gasteiger partial charge in [-0.1, -0.05) is 23.1 Å². The van der Waals surface area contributed by atoms with Crippen LogP contribution in [-0.4, -0.2) is 26.5 Å². The monoisotopic (exact) mass is 190 g/mol. The van der Waals surface area contributed by atoms with E-state index in [1.807, 2.05) is 0 Å². The molecule has 1 N–H and O–H groups in total. The number of carboxylic acids is 1. The Morgan fingerprint density at radius 1 is 1.91 bits per heavy atom. The minimum absolute atomic E-state index is 0.456. The summed E-state index contributed by atoms with van der Waals surface area (Å²) in [5.41, 5.74) is 1.58. The number of rotatable bonds is 3. The van der Waals surface area contributed by atoms with Gasteiger partial charge in [-0.2, -0.15) is 0 Å². The summed E-state index contributed by atoms with van der Waals surface area (Å²) in [7, 11) is 0. The number of hydrogen-bond acceptors (Lipinski definition) is 5. The van der Waals surface area contributed by atoms with Gasteiger partial charge in [0.15, 0.2) is 4.34 Å². The number of aliphatic carboxylic acids is 1. The molecule has 0 saturated heterocycles. The number of carbonyl (C=O) groups is 1. The third-order valence-corrected chi connectivity index (χ3v) is 2.86. The summed E-state index contributed by atoms with van der Waals surface area (Å²) < 4.78 is 0.694. The van der Waals surface area contributed by atoms with Crippen LogP contribution < -0.4 is 0 Å². The Hall–Kier alpha value is -0.620. The number of carboxylic acid groups (broad SMARTS) is 1. The van der Waals surface area contributed by atoms with E-state index in [4.69, 9.17) is 5.11 Å². The van der Waals surface area contributed by atoms with Gasteiger partial charge >= 0.3 is 5.97 Å². The summed E-state index contributed by atoms with van der Waals surface area (Å²) in [6.07, 6.45) is 0. The lowest BCUT2D eigenvalue weighted by Crippen LogP contribution is -2.10. The molecule has 1 aromatic heterocycles. The number of thioether (sulfide) groups is 1. The Balaban J connectivity index is 2.50. The summed E-state index contributed by atoms with van der Waals surface area (Å²) in [5.74, 6) is -0.829. The maximum Gasteiger partial charge on any atom is 0.316 e. The van der Waals surface area contributed by atoms with Crippen molar-refractivity contribution in [2.24, 2.45) is 0 Å². The van der Waals surface area contributed by atoms with Gasteiger partial charge in [0.2, 0.25) is 0 Å². The SMILES string of the molecule is CC(Sc1nncs1)C(=O)O. The highest BCUT2D eigenvalue weighted by atomic mass is 32.2. The molecule has 60 valence electrons. The van der Waals surface area contributed by atoms with Crippen LogP contribution in [0.25, 0.3) is 0 Å². The van der Waals surface area contributed by atoms with Gasteiger partial charge in [0.05, 0.1) is 0 Å². The Morgan fingerprint density at radius 2 is 2.64 bits per heavy atom. The zero-order valence-electron chi connectivity index (χ0n) is 5.72. The highest BCUT2D eigenvalue weighted by Gasteiger charge is 2.13. The van der Waals surface area contributed by atoms with E-state index in [1.165, 1.54) is 23.1 Å². The second kappa shape index (κ2) is 3.68. The van der Waals surface area contributed by atoms with Crippen molar-refractivity contribution in [3.05, 3.63) is 5.51 Å². The van der Waals surface area contributed by atoms with E-state index in [0.29, 0.717) is 4.34 Å². The first-order valence-corrected chi connectivity index (χ1v) is 4.61. The minimum atomic E-state index is -0.829. The molecule has 1 heterocycles. The predicted octanol–water partition coefficient (Wildman–Crippen LogP) is 1.10. The van der Waals surface area contributed by atoms with Crippen molar-refractivity contribution in [1.29, 1.82) is 0 Å². The predicted molar refractivity (Wildman–Crippen MR) is 42.9 cm³/mol. The fraction of sp³-hybridized carbons (Fsp3) is 0.400. The third-order valence-electron chi connectivity index (χ3n) is 0.965. The molecule has 0 bridgehead atoms. The highest BCUT2D eigenvalue weighted by Crippen LogP contribution is 2.23. The topological polar surface area (TPSA) is 63.1 Å².